The highest BCUT2D eigenvalue weighted by Gasteiger charge is 2.34. The molecule has 3 nitrogen and oxygen atoms in total. The molecule has 2 rings (SSSR count). The predicted octanol–water partition coefficient (Wildman–Crippen LogP) is 1.58. The molecule has 66 valence electrons. The van der Waals surface area contributed by atoms with Gasteiger partial charge < -0.3 is 4.74 Å². The van der Waals surface area contributed by atoms with Gasteiger partial charge in [0, 0.05) is 0 Å². The molecule has 0 atom stereocenters. The van der Waals surface area contributed by atoms with Crippen molar-refractivity contribution in [1.82, 2.24) is 0 Å². The molecule has 0 aliphatic carbocycles. The van der Waals surface area contributed by atoms with Gasteiger partial charge in [-0.05, 0) is 12.1 Å². The van der Waals surface area contributed by atoms with Gasteiger partial charge in [-0.15, -0.1) is 0 Å². The van der Waals surface area contributed by atoms with Gasteiger partial charge in [-0.3, -0.25) is 4.79 Å². The van der Waals surface area contributed by atoms with E-state index in [4.69, 9.17) is 11.6 Å². The van der Waals surface area contributed by atoms with Crippen molar-refractivity contribution >= 4 is 23.4 Å². The van der Waals surface area contributed by atoms with E-state index in [0.29, 0.717) is 0 Å². The highest BCUT2D eigenvalue weighted by atomic mass is 35.5. The number of rotatable bonds is 0. The van der Waals surface area contributed by atoms with E-state index in [1.54, 1.807) is 0 Å². The third-order valence-electron chi connectivity index (χ3n) is 1.67. The summed E-state index contributed by atoms with van der Waals surface area (Å²) in [7, 11) is 0. The molecule has 0 bridgehead atoms. The summed E-state index contributed by atoms with van der Waals surface area (Å²) in [5.74, 6) is -2.66. The summed E-state index contributed by atoms with van der Waals surface area (Å²) in [6.45, 7) is 0. The molecule has 1 heterocycles. The zero-order valence-corrected chi connectivity index (χ0v) is 6.89. The number of hydrogen-bond donors (Lipinski definition) is 0. The van der Waals surface area contributed by atoms with Crippen molar-refractivity contribution in [2.75, 3.05) is 0 Å². The first-order valence-corrected chi connectivity index (χ1v) is 3.73. The molecule has 0 aromatic heterocycles. The molecule has 1 aliphatic heterocycles. The van der Waals surface area contributed by atoms with Crippen LogP contribution in [0.25, 0.3) is 0 Å². The molecule has 13 heavy (non-hydrogen) atoms. The largest absolute Gasteiger partial charge is 0.420 e. The number of carbonyl (C=O) groups is 2. The highest BCUT2D eigenvalue weighted by Crippen LogP contribution is 2.33. The molecule has 5 heteroatoms. The normalized spacial score (nSPS) is 14.3. The molecule has 0 spiro atoms. The molecule has 1 aromatic carbocycles. The van der Waals surface area contributed by atoms with E-state index in [-0.39, 0.29) is 16.3 Å². The van der Waals surface area contributed by atoms with Crippen LogP contribution in [0.1, 0.15) is 10.4 Å². The Labute approximate surface area is 77.1 Å². The van der Waals surface area contributed by atoms with E-state index in [2.05, 4.69) is 4.74 Å². The summed E-state index contributed by atoms with van der Waals surface area (Å²) < 4.78 is 17.3. The minimum atomic E-state index is -1.03. The summed E-state index contributed by atoms with van der Waals surface area (Å²) >= 11 is 5.47. The van der Waals surface area contributed by atoms with Gasteiger partial charge in [0.05, 0.1) is 10.6 Å². The molecule has 1 aliphatic rings. The predicted molar refractivity (Wildman–Crippen MR) is 41.4 cm³/mol. The maximum Gasteiger partial charge on any atom is 0.385 e. The van der Waals surface area contributed by atoms with E-state index in [1.807, 2.05) is 0 Å². The van der Waals surface area contributed by atoms with Crippen LogP contribution in [0.3, 0.4) is 0 Å². The topological polar surface area (TPSA) is 43.4 Å². The summed E-state index contributed by atoms with van der Waals surface area (Å²) in [5.41, 5.74) is -0.188. The van der Waals surface area contributed by atoms with Crippen molar-refractivity contribution in [3.8, 4) is 5.75 Å². The Morgan fingerprint density at radius 3 is 2.69 bits per heavy atom. The van der Waals surface area contributed by atoms with Crippen LogP contribution >= 0.6 is 11.6 Å². The smallest absolute Gasteiger partial charge is 0.385 e. The van der Waals surface area contributed by atoms with Crippen molar-refractivity contribution in [3.05, 3.63) is 28.5 Å². The number of esters is 1. The van der Waals surface area contributed by atoms with Gasteiger partial charge in [-0.25, -0.2) is 9.18 Å². The van der Waals surface area contributed by atoms with E-state index in [1.165, 1.54) is 6.07 Å². The second kappa shape index (κ2) is 2.53. The molecule has 0 saturated carbocycles. The molecule has 0 fully saturated rings. The van der Waals surface area contributed by atoms with Gasteiger partial charge in [-0.2, -0.15) is 0 Å². The number of hydrogen-bond acceptors (Lipinski definition) is 3. The Morgan fingerprint density at radius 2 is 2.00 bits per heavy atom. The number of carbonyl (C=O) groups excluding carboxylic acids is 2. The minimum Gasteiger partial charge on any atom is -0.420 e. The van der Waals surface area contributed by atoms with Crippen molar-refractivity contribution in [2.24, 2.45) is 0 Å². The van der Waals surface area contributed by atoms with Crippen LogP contribution in [-0.4, -0.2) is 11.8 Å². The summed E-state index contributed by atoms with van der Waals surface area (Å²) in [4.78, 5) is 21.8. The molecule has 0 N–H and O–H groups in total. The third kappa shape index (κ3) is 1.02. The first kappa shape index (κ1) is 8.19. The lowest BCUT2D eigenvalue weighted by atomic mass is 10.1. The highest BCUT2D eigenvalue weighted by molar-refractivity contribution is 6.48. The van der Waals surface area contributed by atoms with Crippen molar-refractivity contribution in [2.45, 2.75) is 0 Å². The van der Waals surface area contributed by atoms with Crippen LogP contribution in [0, 0.1) is 5.82 Å². The lowest BCUT2D eigenvalue weighted by Crippen LogP contribution is -2.10. The Morgan fingerprint density at radius 1 is 1.31 bits per heavy atom. The minimum absolute atomic E-state index is 0.0152. The van der Waals surface area contributed by atoms with Crippen molar-refractivity contribution in [3.63, 3.8) is 0 Å². The van der Waals surface area contributed by atoms with Crippen LogP contribution in [-0.2, 0) is 4.79 Å². The molecule has 0 saturated heterocycles. The second-order valence-corrected chi connectivity index (χ2v) is 2.83. The number of ether oxygens (including phenoxy) is 1. The van der Waals surface area contributed by atoms with E-state index < -0.39 is 17.6 Å². The van der Waals surface area contributed by atoms with Gasteiger partial charge in [0.1, 0.15) is 11.6 Å². The zero-order chi connectivity index (χ0) is 9.59. The fourth-order valence-electron chi connectivity index (χ4n) is 1.08. The first-order valence-electron chi connectivity index (χ1n) is 3.36. The molecule has 1 aromatic rings. The molecular formula is C8H2ClFO3. The average Bonchev–Trinajstić information content (AvgIpc) is 2.37. The van der Waals surface area contributed by atoms with E-state index in [0.717, 1.165) is 6.07 Å². The summed E-state index contributed by atoms with van der Waals surface area (Å²) in [5, 5.41) is -0.367. The van der Waals surface area contributed by atoms with Crippen molar-refractivity contribution in [1.29, 1.82) is 0 Å². The van der Waals surface area contributed by atoms with Gasteiger partial charge in [0.15, 0.2) is 0 Å². The SMILES string of the molecule is O=C1Oc2ccc(F)c(Cl)c2C1=O. The Hall–Kier alpha value is -1.42. The van der Waals surface area contributed by atoms with Gasteiger partial charge in [-0.1, -0.05) is 11.6 Å². The van der Waals surface area contributed by atoms with Crippen LogP contribution in [0.2, 0.25) is 5.02 Å². The van der Waals surface area contributed by atoms with E-state index in [9.17, 15) is 14.0 Å². The molecule has 0 radical (unpaired) electrons. The summed E-state index contributed by atoms with van der Waals surface area (Å²) in [6, 6.07) is 2.23. The number of Topliss-reactive ketones (excluding diaryl/α,β-unsaturated/α-hetero) is 1. The molecule has 0 unspecified atom stereocenters. The molecule has 0 amide bonds. The maximum absolute atomic E-state index is 12.8. The number of fused-ring (bicyclic) bond motifs is 1. The lowest BCUT2D eigenvalue weighted by Gasteiger charge is -1.97. The van der Waals surface area contributed by atoms with Crippen LogP contribution < -0.4 is 4.74 Å². The van der Waals surface area contributed by atoms with Crippen LogP contribution in [0.4, 0.5) is 4.39 Å². The Kier molecular flexibility index (Phi) is 1.60. The van der Waals surface area contributed by atoms with Gasteiger partial charge in [0.25, 0.3) is 5.78 Å². The third-order valence-corrected chi connectivity index (χ3v) is 2.04. The zero-order valence-electron chi connectivity index (χ0n) is 6.14. The summed E-state index contributed by atoms with van der Waals surface area (Å²) in [6.07, 6.45) is 0. The Balaban J connectivity index is 2.73. The van der Waals surface area contributed by atoms with E-state index >= 15 is 0 Å². The fraction of sp³-hybridized carbons (Fsp3) is 0. The standard InChI is InChI=1S/C8H2ClFO3/c9-6-3(10)1-2-4-5(6)7(11)8(12)13-4/h1-2H. The fourth-order valence-corrected chi connectivity index (χ4v) is 1.32. The number of halogens is 2. The lowest BCUT2D eigenvalue weighted by molar-refractivity contribution is -0.128. The quantitative estimate of drug-likeness (QED) is 0.363. The molecular weight excluding hydrogens is 199 g/mol. The second-order valence-electron chi connectivity index (χ2n) is 2.45. The first-order chi connectivity index (χ1) is 6.11. The van der Waals surface area contributed by atoms with Crippen molar-refractivity contribution < 1.29 is 18.7 Å². The van der Waals surface area contributed by atoms with Crippen LogP contribution in [0.15, 0.2) is 12.1 Å². The number of ketones is 1. The monoisotopic (exact) mass is 200 g/mol. The maximum atomic E-state index is 12.8. The van der Waals surface area contributed by atoms with Gasteiger partial charge >= 0.3 is 5.97 Å². The number of benzene rings is 1. The average molecular weight is 201 g/mol. The van der Waals surface area contributed by atoms with Crippen LogP contribution in [0.5, 0.6) is 5.75 Å². The van der Waals surface area contributed by atoms with Gasteiger partial charge in [0.2, 0.25) is 0 Å². The Bertz CT molecular complexity index is 428.